The largest absolute Gasteiger partial charge is 0.494 e. The highest BCUT2D eigenvalue weighted by molar-refractivity contribution is 6.31. The Morgan fingerprint density at radius 1 is 1.30 bits per heavy atom. The Bertz CT molecular complexity index is 662. The van der Waals surface area contributed by atoms with Gasteiger partial charge in [0, 0.05) is 0 Å². The first-order chi connectivity index (χ1) is 9.54. The summed E-state index contributed by atoms with van der Waals surface area (Å²) in [7, 11) is 1.41. The van der Waals surface area contributed by atoms with Crippen LogP contribution in [-0.4, -0.2) is 13.0 Å². The summed E-state index contributed by atoms with van der Waals surface area (Å²) < 4.78 is 18.8. The van der Waals surface area contributed by atoms with Crippen molar-refractivity contribution in [2.45, 2.75) is 0 Å². The lowest BCUT2D eigenvalue weighted by Crippen LogP contribution is -2.15. The van der Waals surface area contributed by atoms with Crippen LogP contribution in [-0.2, 0) is 0 Å². The molecular weight excluding hydrogens is 283 g/mol. The first-order valence-corrected chi connectivity index (χ1v) is 6.10. The van der Waals surface area contributed by atoms with Gasteiger partial charge in [-0.2, -0.15) is 0 Å². The van der Waals surface area contributed by atoms with Crippen LogP contribution in [0.15, 0.2) is 36.4 Å². The number of methoxy groups -OCH3 is 1. The number of nitrogens with two attached hydrogens (primary N) is 1. The third-order valence-electron chi connectivity index (χ3n) is 2.69. The molecule has 0 spiro atoms. The summed E-state index contributed by atoms with van der Waals surface area (Å²) in [5.41, 5.74) is 6.25. The second-order valence-electron chi connectivity index (χ2n) is 3.98. The van der Waals surface area contributed by atoms with Crippen molar-refractivity contribution in [1.82, 2.24) is 0 Å². The zero-order valence-electron chi connectivity index (χ0n) is 10.6. The molecular formula is C14H12ClFN2O2. The van der Waals surface area contributed by atoms with Crippen LogP contribution >= 0.6 is 11.6 Å². The van der Waals surface area contributed by atoms with E-state index < -0.39 is 11.7 Å². The Hall–Kier alpha value is -2.27. The van der Waals surface area contributed by atoms with Crippen LogP contribution in [0.4, 0.5) is 15.8 Å². The third-order valence-corrected chi connectivity index (χ3v) is 2.99. The van der Waals surface area contributed by atoms with E-state index in [0.717, 1.165) is 0 Å². The first kappa shape index (κ1) is 14.1. The van der Waals surface area contributed by atoms with Crippen LogP contribution in [0.2, 0.25) is 5.02 Å². The molecule has 0 fully saturated rings. The maximum absolute atomic E-state index is 13.7. The molecule has 0 unspecified atom stereocenters. The van der Waals surface area contributed by atoms with Crippen LogP contribution in [0.3, 0.4) is 0 Å². The van der Waals surface area contributed by atoms with Gasteiger partial charge in [-0.15, -0.1) is 0 Å². The van der Waals surface area contributed by atoms with Crippen molar-refractivity contribution in [1.29, 1.82) is 0 Å². The minimum Gasteiger partial charge on any atom is -0.494 e. The number of para-hydroxylation sites is 1. The van der Waals surface area contributed by atoms with Gasteiger partial charge in [-0.25, -0.2) is 4.39 Å². The fraction of sp³-hybridized carbons (Fsp3) is 0.0714. The molecule has 0 bridgehead atoms. The summed E-state index contributed by atoms with van der Waals surface area (Å²) in [4.78, 5) is 12.2. The molecule has 0 aliphatic rings. The van der Waals surface area contributed by atoms with Crippen molar-refractivity contribution >= 4 is 28.9 Å². The SMILES string of the molecule is COc1c(N)cccc1C(=O)Nc1cccc(Cl)c1F. The lowest BCUT2D eigenvalue weighted by Gasteiger charge is -2.11. The Morgan fingerprint density at radius 3 is 2.70 bits per heavy atom. The van der Waals surface area contributed by atoms with Crippen molar-refractivity contribution in [3.05, 3.63) is 52.8 Å². The van der Waals surface area contributed by atoms with Gasteiger partial charge < -0.3 is 15.8 Å². The van der Waals surface area contributed by atoms with E-state index in [4.69, 9.17) is 22.1 Å². The van der Waals surface area contributed by atoms with Crippen LogP contribution < -0.4 is 15.8 Å². The van der Waals surface area contributed by atoms with Gasteiger partial charge in [0.05, 0.1) is 29.1 Å². The molecule has 3 N–H and O–H groups in total. The summed E-state index contributed by atoms with van der Waals surface area (Å²) in [5.74, 6) is -0.979. The molecule has 0 aromatic heterocycles. The number of hydrogen-bond donors (Lipinski definition) is 2. The Morgan fingerprint density at radius 2 is 2.00 bits per heavy atom. The molecule has 2 rings (SSSR count). The van der Waals surface area contributed by atoms with Crippen LogP contribution in [0.1, 0.15) is 10.4 Å². The van der Waals surface area contributed by atoms with Crippen molar-refractivity contribution in [2.24, 2.45) is 0 Å². The third kappa shape index (κ3) is 2.67. The van der Waals surface area contributed by atoms with Crippen molar-refractivity contribution in [3.8, 4) is 5.75 Å². The highest BCUT2D eigenvalue weighted by atomic mass is 35.5. The van der Waals surface area contributed by atoms with Gasteiger partial charge >= 0.3 is 0 Å². The lowest BCUT2D eigenvalue weighted by molar-refractivity contribution is 0.102. The van der Waals surface area contributed by atoms with E-state index in [-0.39, 0.29) is 22.0 Å². The Labute approximate surface area is 120 Å². The molecule has 0 aliphatic heterocycles. The fourth-order valence-electron chi connectivity index (χ4n) is 1.75. The van der Waals surface area contributed by atoms with Crippen LogP contribution in [0, 0.1) is 5.82 Å². The van der Waals surface area contributed by atoms with Gasteiger partial charge in [0.1, 0.15) is 0 Å². The normalized spacial score (nSPS) is 10.2. The summed E-state index contributed by atoms with van der Waals surface area (Å²) in [6, 6.07) is 9.10. The quantitative estimate of drug-likeness (QED) is 0.854. The molecule has 20 heavy (non-hydrogen) atoms. The number of amides is 1. The molecule has 0 heterocycles. The summed E-state index contributed by atoms with van der Waals surface area (Å²) >= 11 is 5.66. The predicted octanol–water partition coefficient (Wildman–Crippen LogP) is 3.32. The Kier molecular flexibility index (Phi) is 4.10. The Balaban J connectivity index is 2.34. The summed E-state index contributed by atoms with van der Waals surface area (Å²) in [6.07, 6.45) is 0. The van der Waals surface area contributed by atoms with E-state index in [1.807, 2.05) is 0 Å². The molecule has 0 saturated carbocycles. The minimum atomic E-state index is -0.689. The number of benzene rings is 2. The molecule has 0 radical (unpaired) electrons. The van der Waals surface area contributed by atoms with E-state index in [9.17, 15) is 9.18 Å². The second kappa shape index (κ2) is 5.79. The second-order valence-corrected chi connectivity index (χ2v) is 4.39. The van der Waals surface area contributed by atoms with Gasteiger partial charge in [-0.05, 0) is 24.3 Å². The van der Waals surface area contributed by atoms with Crippen LogP contribution in [0.25, 0.3) is 0 Å². The number of nitrogens with one attached hydrogen (secondary N) is 1. The smallest absolute Gasteiger partial charge is 0.259 e. The number of nitrogen functional groups attached to an aromatic ring is 1. The van der Waals surface area contributed by atoms with Crippen molar-refractivity contribution in [3.63, 3.8) is 0 Å². The number of rotatable bonds is 3. The first-order valence-electron chi connectivity index (χ1n) is 5.72. The average Bonchev–Trinajstić information content (AvgIpc) is 2.43. The van der Waals surface area contributed by atoms with E-state index in [0.29, 0.717) is 5.69 Å². The molecule has 0 aliphatic carbocycles. The van der Waals surface area contributed by atoms with Gasteiger partial charge in [0.2, 0.25) is 0 Å². The molecule has 2 aromatic rings. The van der Waals surface area contributed by atoms with Gasteiger partial charge in [-0.3, -0.25) is 4.79 Å². The molecule has 2 aromatic carbocycles. The predicted molar refractivity (Wildman–Crippen MR) is 76.8 cm³/mol. The molecule has 4 nitrogen and oxygen atoms in total. The monoisotopic (exact) mass is 294 g/mol. The lowest BCUT2D eigenvalue weighted by atomic mass is 10.1. The minimum absolute atomic E-state index is 0.00743. The highest BCUT2D eigenvalue weighted by Crippen LogP contribution is 2.28. The number of carbonyl (C=O) groups excluding carboxylic acids is 1. The van der Waals surface area contributed by atoms with Gasteiger partial charge in [-0.1, -0.05) is 23.7 Å². The zero-order chi connectivity index (χ0) is 14.7. The van der Waals surface area contributed by atoms with E-state index in [2.05, 4.69) is 5.32 Å². The standard InChI is InChI=1S/C14H12ClFN2O2/c1-20-13-8(4-2-6-10(13)17)14(19)18-11-7-3-5-9(15)12(11)16/h2-7H,17H2,1H3,(H,18,19). The van der Waals surface area contributed by atoms with E-state index in [1.54, 1.807) is 12.1 Å². The summed E-state index contributed by atoms with van der Waals surface area (Å²) in [6.45, 7) is 0. The number of ether oxygens (including phenoxy) is 1. The zero-order valence-corrected chi connectivity index (χ0v) is 11.4. The van der Waals surface area contributed by atoms with Crippen molar-refractivity contribution in [2.75, 3.05) is 18.2 Å². The van der Waals surface area contributed by atoms with Gasteiger partial charge in [0.25, 0.3) is 5.91 Å². The fourth-order valence-corrected chi connectivity index (χ4v) is 1.93. The highest BCUT2D eigenvalue weighted by Gasteiger charge is 2.16. The summed E-state index contributed by atoms with van der Waals surface area (Å²) in [5, 5.41) is 2.37. The number of hydrogen-bond acceptors (Lipinski definition) is 3. The van der Waals surface area contributed by atoms with Crippen molar-refractivity contribution < 1.29 is 13.9 Å². The number of halogens is 2. The maximum Gasteiger partial charge on any atom is 0.259 e. The molecule has 0 atom stereocenters. The van der Waals surface area contributed by atoms with Crippen LogP contribution in [0.5, 0.6) is 5.75 Å². The van der Waals surface area contributed by atoms with E-state index in [1.165, 1.54) is 31.4 Å². The molecule has 6 heteroatoms. The number of anilines is 2. The van der Waals surface area contributed by atoms with E-state index >= 15 is 0 Å². The number of carbonyl (C=O) groups is 1. The molecule has 0 saturated heterocycles. The molecule has 1 amide bonds. The van der Waals surface area contributed by atoms with Gasteiger partial charge in [0.15, 0.2) is 11.6 Å². The topological polar surface area (TPSA) is 64.3 Å². The average molecular weight is 295 g/mol. The maximum atomic E-state index is 13.7. The molecule has 104 valence electrons.